The van der Waals surface area contributed by atoms with Gasteiger partial charge in [-0.3, -0.25) is 0 Å². The van der Waals surface area contributed by atoms with Gasteiger partial charge in [-0.15, -0.1) is 0 Å². The van der Waals surface area contributed by atoms with E-state index in [2.05, 4.69) is 10.1 Å². The Hall–Kier alpha value is -0.850. The topological polar surface area (TPSA) is 41.5 Å². The largest absolute Gasteiger partial charge is 0.434 e. The first kappa shape index (κ1) is 17.2. The summed E-state index contributed by atoms with van der Waals surface area (Å²) in [5.41, 5.74) is 0.730. The molecule has 0 bridgehead atoms. The molecule has 1 atom stereocenters. The van der Waals surface area contributed by atoms with Crippen molar-refractivity contribution < 1.29 is 18.6 Å². The Bertz CT molecular complexity index is 380. The zero-order chi connectivity index (χ0) is 14.8. The second-order valence-electron chi connectivity index (χ2n) is 4.28. The number of aliphatic hydroxyl groups excluding tert-OH is 1. The first-order valence-corrected chi connectivity index (χ1v) is 7.76. The molecule has 0 aromatic heterocycles. The molecule has 0 spiro atoms. The van der Waals surface area contributed by atoms with E-state index in [9.17, 15) is 8.78 Å². The summed E-state index contributed by atoms with van der Waals surface area (Å²) >= 11 is 1.76. The van der Waals surface area contributed by atoms with Crippen molar-refractivity contribution in [2.24, 2.45) is 0 Å². The van der Waals surface area contributed by atoms with Crippen LogP contribution in [-0.2, 0) is 0 Å². The molecule has 0 fully saturated rings. The highest BCUT2D eigenvalue weighted by Crippen LogP contribution is 2.26. The van der Waals surface area contributed by atoms with Gasteiger partial charge in [0, 0.05) is 30.5 Å². The molecule has 3 nitrogen and oxygen atoms in total. The Morgan fingerprint density at radius 2 is 2.05 bits per heavy atom. The number of hydrogen-bond donors (Lipinski definition) is 2. The van der Waals surface area contributed by atoms with Gasteiger partial charge in [0.05, 0.1) is 0 Å². The number of aliphatic hydroxyl groups is 1. The third-order valence-corrected chi connectivity index (χ3v) is 3.82. The van der Waals surface area contributed by atoms with Crippen molar-refractivity contribution in [1.29, 1.82) is 0 Å². The van der Waals surface area contributed by atoms with E-state index in [1.54, 1.807) is 30.0 Å². The van der Waals surface area contributed by atoms with Crippen LogP contribution in [0.5, 0.6) is 5.75 Å². The molecule has 6 heteroatoms. The third kappa shape index (κ3) is 6.54. The number of ether oxygens (including phenoxy) is 1. The van der Waals surface area contributed by atoms with Gasteiger partial charge in [-0.25, -0.2) is 0 Å². The van der Waals surface area contributed by atoms with E-state index >= 15 is 0 Å². The summed E-state index contributed by atoms with van der Waals surface area (Å²) in [7, 11) is 0. The fourth-order valence-corrected chi connectivity index (χ4v) is 2.57. The molecule has 0 amide bonds. The van der Waals surface area contributed by atoms with Crippen molar-refractivity contribution >= 4 is 11.8 Å². The maximum absolute atomic E-state index is 12.3. The first-order valence-electron chi connectivity index (χ1n) is 6.61. The van der Waals surface area contributed by atoms with Crippen LogP contribution in [0.4, 0.5) is 8.78 Å². The SMILES string of the molecule is CC(NCCSCCCO)c1ccccc1OC(F)F. The molecule has 1 rings (SSSR count). The van der Waals surface area contributed by atoms with Gasteiger partial charge < -0.3 is 15.2 Å². The Morgan fingerprint density at radius 3 is 2.75 bits per heavy atom. The number of benzene rings is 1. The molecule has 0 aliphatic rings. The zero-order valence-electron chi connectivity index (χ0n) is 11.5. The zero-order valence-corrected chi connectivity index (χ0v) is 12.3. The van der Waals surface area contributed by atoms with Gasteiger partial charge in [0.15, 0.2) is 0 Å². The number of rotatable bonds is 10. The molecule has 0 saturated carbocycles. The second kappa shape index (κ2) is 9.96. The molecule has 114 valence electrons. The highest BCUT2D eigenvalue weighted by Gasteiger charge is 2.13. The van der Waals surface area contributed by atoms with E-state index in [0.29, 0.717) is 0 Å². The minimum Gasteiger partial charge on any atom is -0.434 e. The van der Waals surface area contributed by atoms with Crippen molar-refractivity contribution in [1.82, 2.24) is 5.32 Å². The standard InChI is InChI=1S/C14H21F2NO2S/c1-11(17-7-10-20-9-4-8-18)12-5-2-3-6-13(12)19-14(15)16/h2-3,5-6,11,14,17-18H,4,7-10H2,1H3. The van der Waals surface area contributed by atoms with Gasteiger partial charge in [-0.05, 0) is 25.2 Å². The monoisotopic (exact) mass is 305 g/mol. The Labute approximate surface area is 122 Å². The molecular formula is C14H21F2NO2S. The lowest BCUT2D eigenvalue weighted by molar-refractivity contribution is -0.0506. The van der Waals surface area contributed by atoms with E-state index in [1.165, 1.54) is 0 Å². The summed E-state index contributed by atoms with van der Waals surface area (Å²) in [6, 6.07) is 6.77. The van der Waals surface area contributed by atoms with Crippen molar-refractivity contribution in [2.75, 3.05) is 24.7 Å². The lowest BCUT2D eigenvalue weighted by Crippen LogP contribution is -2.22. The smallest absolute Gasteiger partial charge is 0.387 e. The summed E-state index contributed by atoms with van der Waals surface area (Å²) in [4.78, 5) is 0. The predicted molar refractivity (Wildman–Crippen MR) is 78.5 cm³/mol. The van der Waals surface area contributed by atoms with Crippen LogP contribution < -0.4 is 10.1 Å². The minimum atomic E-state index is -2.81. The molecular weight excluding hydrogens is 284 g/mol. The molecule has 2 N–H and O–H groups in total. The molecule has 0 radical (unpaired) electrons. The molecule has 0 heterocycles. The normalized spacial score (nSPS) is 12.7. The second-order valence-corrected chi connectivity index (χ2v) is 5.51. The average molecular weight is 305 g/mol. The van der Waals surface area contributed by atoms with Crippen molar-refractivity contribution in [2.45, 2.75) is 26.0 Å². The fraction of sp³-hybridized carbons (Fsp3) is 0.571. The molecule has 1 aromatic rings. The lowest BCUT2D eigenvalue weighted by Gasteiger charge is -2.18. The highest BCUT2D eigenvalue weighted by molar-refractivity contribution is 7.99. The third-order valence-electron chi connectivity index (χ3n) is 2.75. The Balaban J connectivity index is 2.40. The molecule has 0 aliphatic heterocycles. The molecule has 0 aliphatic carbocycles. The number of thioether (sulfide) groups is 1. The fourth-order valence-electron chi connectivity index (χ4n) is 1.77. The molecule has 1 aromatic carbocycles. The molecule has 1 unspecified atom stereocenters. The van der Waals surface area contributed by atoms with E-state index < -0.39 is 6.61 Å². The van der Waals surface area contributed by atoms with Crippen LogP contribution in [-0.4, -0.2) is 36.4 Å². The van der Waals surface area contributed by atoms with Crippen LogP contribution in [0.3, 0.4) is 0 Å². The summed E-state index contributed by atoms with van der Waals surface area (Å²) in [6.07, 6.45) is 0.797. The number of para-hydroxylation sites is 1. The highest BCUT2D eigenvalue weighted by atomic mass is 32.2. The Morgan fingerprint density at radius 1 is 1.30 bits per heavy atom. The van der Waals surface area contributed by atoms with E-state index in [-0.39, 0.29) is 18.4 Å². The van der Waals surface area contributed by atoms with Crippen molar-refractivity contribution in [3.05, 3.63) is 29.8 Å². The van der Waals surface area contributed by atoms with E-state index in [0.717, 1.165) is 30.0 Å². The maximum Gasteiger partial charge on any atom is 0.387 e. The van der Waals surface area contributed by atoms with Crippen LogP contribution in [0.2, 0.25) is 0 Å². The van der Waals surface area contributed by atoms with Gasteiger partial charge in [-0.1, -0.05) is 18.2 Å². The van der Waals surface area contributed by atoms with Crippen molar-refractivity contribution in [3.63, 3.8) is 0 Å². The van der Waals surface area contributed by atoms with E-state index in [1.807, 2.05) is 13.0 Å². The lowest BCUT2D eigenvalue weighted by atomic mass is 10.1. The van der Waals surface area contributed by atoms with E-state index in [4.69, 9.17) is 5.11 Å². The first-order chi connectivity index (χ1) is 9.65. The van der Waals surface area contributed by atoms with Crippen molar-refractivity contribution in [3.8, 4) is 5.75 Å². The summed E-state index contributed by atoms with van der Waals surface area (Å²) < 4.78 is 29.2. The number of alkyl halides is 2. The number of nitrogens with one attached hydrogen (secondary N) is 1. The predicted octanol–water partition coefficient (Wildman–Crippen LogP) is 3.05. The van der Waals surface area contributed by atoms with Gasteiger partial charge in [0.1, 0.15) is 5.75 Å². The quantitative estimate of drug-likeness (QED) is 0.652. The summed E-state index contributed by atoms with van der Waals surface area (Å²) in [6.45, 7) is 0.110. The van der Waals surface area contributed by atoms with Gasteiger partial charge in [-0.2, -0.15) is 20.5 Å². The van der Waals surface area contributed by atoms with Gasteiger partial charge in [0.2, 0.25) is 0 Å². The summed E-state index contributed by atoms with van der Waals surface area (Å²) in [5.74, 6) is 2.07. The number of hydrogen-bond acceptors (Lipinski definition) is 4. The Kier molecular flexibility index (Phi) is 8.57. The van der Waals surface area contributed by atoms with Crippen LogP contribution >= 0.6 is 11.8 Å². The van der Waals surface area contributed by atoms with Crippen LogP contribution in [0.25, 0.3) is 0 Å². The molecule has 0 saturated heterocycles. The number of halogens is 2. The molecule has 20 heavy (non-hydrogen) atoms. The maximum atomic E-state index is 12.3. The summed E-state index contributed by atoms with van der Waals surface area (Å²) in [5, 5.41) is 11.9. The average Bonchev–Trinajstić information content (AvgIpc) is 2.42. The van der Waals surface area contributed by atoms with Crippen LogP contribution in [0, 0.1) is 0 Å². The minimum absolute atomic E-state index is 0.0524. The van der Waals surface area contributed by atoms with Crippen LogP contribution in [0.15, 0.2) is 24.3 Å². The van der Waals surface area contributed by atoms with Gasteiger partial charge >= 0.3 is 6.61 Å². The van der Waals surface area contributed by atoms with Gasteiger partial charge in [0.25, 0.3) is 0 Å². The van der Waals surface area contributed by atoms with Crippen LogP contribution in [0.1, 0.15) is 24.9 Å².